The van der Waals surface area contributed by atoms with Crippen molar-refractivity contribution in [1.29, 1.82) is 0 Å². The zero-order valence-electron chi connectivity index (χ0n) is 4.96. The Morgan fingerprint density at radius 1 is 1.62 bits per heavy atom. The van der Waals surface area contributed by atoms with Gasteiger partial charge in [-0.15, -0.1) is 0 Å². The molecule has 0 bridgehead atoms. The molecule has 0 amide bonds. The zero-order valence-corrected chi connectivity index (χ0v) is 4.96. The van der Waals surface area contributed by atoms with Crippen LogP contribution in [0.1, 0.15) is 6.92 Å². The number of hydrogen-bond acceptors (Lipinski definition) is 3. The van der Waals surface area contributed by atoms with Crippen LogP contribution in [-0.2, 0) is 0 Å². The van der Waals surface area contributed by atoms with Crippen molar-refractivity contribution >= 4 is 6.21 Å². The van der Waals surface area contributed by atoms with Gasteiger partial charge in [0.15, 0.2) is 5.79 Å². The summed E-state index contributed by atoms with van der Waals surface area (Å²) in [6.45, 7) is 5.14. The minimum Gasteiger partial charge on any atom is -0.291 e. The molecule has 3 heteroatoms. The lowest BCUT2D eigenvalue weighted by atomic mass is 10.4. The molecule has 3 nitrogen and oxygen atoms in total. The molecule has 0 saturated heterocycles. The van der Waals surface area contributed by atoms with Crippen LogP contribution in [0.15, 0.2) is 17.6 Å². The first kappa shape index (κ1) is 7.33. The molecule has 0 aromatic rings. The van der Waals surface area contributed by atoms with Gasteiger partial charge in [-0.3, -0.25) is 16.5 Å². The molecule has 0 saturated carbocycles. The molecule has 0 atom stereocenters. The third-order valence-corrected chi connectivity index (χ3v) is 0.680. The van der Waals surface area contributed by atoms with Gasteiger partial charge >= 0.3 is 0 Å². The van der Waals surface area contributed by atoms with Crippen LogP contribution in [0, 0.1) is 0 Å². The SMILES string of the molecule is C=CC(N)(N)N=CC. The Bertz CT molecular complexity index is 104. The second-order valence-electron chi connectivity index (χ2n) is 1.48. The van der Waals surface area contributed by atoms with Gasteiger partial charge < -0.3 is 0 Å². The van der Waals surface area contributed by atoms with Gasteiger partial charge in [-0.25, -0.2) is 0 Å². The topological polar surface area (TPSA) is 64.4 Å². The van der Waals surface area contributed by atoms with Crippen molar-refractivity contribution in [2.24, 2.45) is 16.5 Å². The maximum absolute atomic E-state index is 5.29. The average molecular weight is 113 g/mol. The summed E-state index contributed by atoms with van der Waals surface area (Å²) in [5, 5.41) is 0. The van der Waals surface area contributed by atoms with Gasteiger partial charge in [0.25, 0.3) is 0 Å². The van der Waals surface area contributed by atoms with E-state index in [0.29, 0.717) is 0 Å². The molecular weight excluding hydrogens is 102 g/mol. The highest BCUT2D eigenvalue weighted by Crippen LogP contribution is 1.89. The third kappa shape index (κ3) is 2.49. The predicted octanol–water partition coefficient (Wildman–Crippen LogP) is -0.166. The Morgan fingerprint density at radius 2 is 2.12 bits per heavy atom. The van der Waals surface area contributed by atoms with Crippen LogP contribution in [0.5, 0.6) is 0 Å². The van der Waals surface area contributed by atoms with Gasteiger partial charge in [-0.05, 0) is 19.2 Å². The smallest absolute Gasteiger partial charge is 0.178 e. The number of rotatable bonds is 2. The number of hydrogen-bond donors (Lipinski definition) is 2. The lowest BCUT2D eigenvalue weighted by Gasteiger charge is -2.11. The second kappa shape index (κ2) is 2.59. The van der Waals surface area contributed by atoms with Crippen LogP contribution in [0.2, 0.25) is 0 Å². The van der Waals surface area contributed by atoms with E-state index < -0.39 is 5.79 Å². The van der Waals surface area contributed by atoms with E-state index in [4.69, 9.17) is 11.5 Å². The minimum absolute atomic E-state index is 1.07. The lowest BCUT2D eigenvalue weighted by molar-refractivity contribution is 0.590. The summed E-state index contributed by atoms with van der Waals surface area (Å²) >= 11 is 0. The van der Waals surface area contributed by atoms with Crippen LogP contribution in [-0.4, -0.2) is 12.0 Å². The van der Waals surface area contributed by atoms with Crippen molar-refractivity contribution in [1.82, 2.24) is 0 Å². The van der Waals surface area contributed by atoms with Crippen molar-refractivity contribution < 1.29 is 0 Å². The molecule has 0 aliphatic heterocycles. The normalized spacial score (nSPS) is 12.4. The minimum atomic E-state index is -1.07. The Morgan fingerprint density at radius 3 is 2.25 bits per heavy atom. The fourth-order valence-corrected chi connectivity index (χ4v) is 0.276. The Kier molecular flexibility index (Phi) is 2.37. The van der Waals surface area contributed by atoms with E-state index in [1.807, 2.05) is 0 Å². The third-order valence-electron chi connectivity index (χ3n) is 0.680. The molecule has 0 fully saturated rings. The molecule has 0 spiro atoms. The molecular formula is C5H11N3. The van der Waals surface area contributed by atoms with Crippen molar-refractivity contribution in [2.45, 2.75) is 12.7 Å². The molecule has 46 valence electrons. The Balaban J connectivity index is 3.90. The molecule has 0 radical (unpaired) electrons. The first-order valence-electron chi connectivity index (χ1n) is 2.33. The van der Waals surface area contributed by atoms with Crippen LogP contribution in [0.3, 0.4) is 0 Å². The zero-order chi connectivity index (χ0) is 6.62. The molecule has 0 rings (SSSR count). The fourth-order valence-electron chi connectivity index (χ4n) is 0.276. The second-order valence-corrected chi connectivity index (χ2v) is 1.48. The van der Waals surface area contributed by atoms with Gasteiger partial charge in [0.05, 0.1) is 0 Å². The highest BCUT2D eigenvalue weighted by Gasteiger charge is 2.07. The Labute approximate surface area is 49.1 Å². The van der Waals surface area contributed by atoms with Crippen LogP contribution < -0.4 is 11.5 Å². The van der Waals surface area contributed by atoms with Crippen molar-refractivity contribution in [3.05, 3.63) is 12.7 Å². The lowest BCUT2D eigenvalue weighted by Crippen LogP contribution is -2.45. The van der Waals surface area contributed by atoms with Gasteiger partial charge in [0.2, 0.25) is 0 Å². The van der Waals surface area contributed by atoms with E-state index in [0.717, 1.165) is 0 Å². The van der Waals surface area contributed by atoms with E-state index in [9.17, 15) is 0 Å². The van der Waals surface area contributed by atoms with E-state index in [2.05, 4.69) is 11.6 Å². The number of nitrogens with two attached hydrogens (primary N) is 2. The average Bonchev–Trinajstić information content (AvgIpc) is 1.67. The summed E-state index contributed by atoms with van der Waals surface area (Å²) < 4.78 is 0. The van der Waals surface area contributed by atoms with Crippen molar-refractivity contribution in [3.8, 4) is 0 Å². The molecule has 4 N–H and O–H groups in total. The summed E-state index contributed by atoms with van der Waals surface area (Å²) in [6.07, 6.45) is 2.93. The Hall–Kier alpha value is -0.670. The van der Waals surface area contributed by atoms with E-state index >= 15 is 0 Å². The van der Waals surface area contributed by atoms with Crippen molar-refractivity contribution in [2.75, 3.05) is 0 Å². The summed E-state index contributed by atoms with van der Waals surface area (Å²) in [7, 11) is 0. The first-order chi connectivity index (χ1) is 3.62. The molecule has 0 aromatic heterocycles. The molecule has 0 aliphatic carbocycles. The van der Waals surface area contributed by atoms with Crippen LogP contribution in [0.4, 0.5) is 0 Å². The quantitative estimate of drug-likeness (QED) is 0.297. The highest BCUT2D eigenvalue weighted by molar-refractivity contribution is 5.54. The molecule has 0 aliphatic rings. The monoisotopic (exact) mass is 113 g/mol. The van der Waals surface area contributed by atoms with Crippen LogP contribution in [0.25, 0.3) is 0 Å². The largest absolute Gasteiger partial charge is 0.291 e. The fraction of sp³-hybridized carbons (Fsp3) is 0.400. The van der Waals surface area contributed by atoms with E-state index in [1.165, 1.54) is 6.08 Å². The van der Waals surface area contributed by atoms with E-state index in [-0.39, 0.29) is 0 Å². The standard InChI is InChI=1S/C5H11N3/c1-3-5(6,7)8-4-2/h3-4H,1,6-7H2,2H3. The van der Waals surface area contributed by atoms with Gasteiger partial charge in [-0.2, -0.15) is 0 Å². The number of aliphatic imine (C=N–C) groups is 1. The first-order valence-corrected chi connectivity index (χ1v) is 2.33. The van der Waals surface area contributed by atoms with E-state index in [1.54, 1.807) is 13.1 Å². The summed E-state index contributed by atoms with van der Waals surface area (Å²) in [5.41, 5.74) is 10.6. The number of nitrogens with zero attached hydrogens (tertiary/aromatic N) is 1. The summed E-state index contributed by atoms with van der Waals surface area (Å²) in [4.78, 5) is 3.69. The van der Waals surface area contributed by atoms with Gasteiger partial charge in [0.1, 0.15) is 0 Å². The highest BCUT2D eigenvalue weighted by atomic mass is 15.1. The molecule has 8 heavy (non-hydrogen) atoms. The molecule has 0 unspecified atom stereocenters. The van der Waals surface area contributed by atoms with Gasteiger partial charge in [0, 0.05) is 0 Å². The molecule has 0 aromatic carbocycles. The predicted molar refractivity (Wildman–Crippen MR) is 35.5 cm³/mol. The van der Waals surface area contributed by atoms with Gasteiger partial charge in [-0.1, -0.05) is 6.58 Å². The maximum Gasteiger partial charge on any atom is 0.178 e. The van der Waals surface area contributed by atoms with Crippen molar-refractivity contribution in [3.63, 3.8) is 0 Å². The maximum atomic E-state index is 5.29. The molecule has 0 heterocycles. The summed E-state index contributed by atoms with van der Waals surface area (Å²) in [5.74, 6) is -1.07. The van der Waals surface area contributed by atoms with Crippen LogP contribution >= 0.6 is 0 Å². The summed E-state index contributed by atoms with van der Waals surface area (Å²) in [6, 6.07) is 0.